The zero-order valence-electron chi connectivity index (χ0n) is 15.3. The molecule has 0 bridgehead atoms. The number of benzene rings is 1. The number of hydrogen-bond acceptors (Lipinski definition) is 5. The van der Waals surface area contributed by atoms with E-state index in [2.05, 4.69) is 20.3 Å². The van der Waals surface area contributed by atoms with Gasteiger partial charge in [0.15, 0.2) is 5.82 Å². The first kappa shape index (κ1) is 16.6. The second-order valence-electron chi connectivity index (χ2n) is 6.96. The van der Waals surface area contributed by atoms with Crippen LogP contribution in [0.3, 0.4) is 0 Å². The van der Waals surface area contributed by atoms with E-state index in [4.69, 9.17) is 0 Å². The van der Waals surface area contributed by atoms with Gasteiger partial charge in [0.25, 0.3) is 5.91 Å². The Morgan fingerprint density at radius 2 is 2.00 bits per heavy atom. The van der Waals surface area contributed by atoms with E-state index < -0.39 is 5.54 Å². The molecular formula is C20H18N6O2. The van der Waals surface area contributed by atoms with Gasteiger partial charge in [-0.1, -0.05) is 37.3 Å². The van der Waals surface area contributed by atoms with Crippen LogP contribution in [0.1, 0.15) is 26.2 Å². The number of amides is 2. The molecule has 0 saturated carbocycles. The van der Waals surface area contributed by atoms with Crippen LogP contribution in [0.5, 0.6) is 0 Å². The number of nitrogens with zero attached hydrogens (tertiary/aromatic N) is 5. The van der Waals surface area contributed by atoms with Crippen molar-refractivity contribution in [2.45, 2.75) is 31.7 Å². The summed E-state index contributed by atoms with van der Waals surface area (Å²) in [4.78, 5) is 40.4. The summed E-state index contributed by atoms with van der Waals surface area (Å²) < 4.78 is 1.78. The number of carbonyl (C=O) groups is 2. The van der Waals surface area contributed by atoms with E-state index in [9.17, 15) is 9.59 Å². The summed E-state index contributed by atoms with van der Waals surface area (Å²) in [5.41, 5.74) is 0.518. The lowest BCUT2D eigenvalue weighted by Crippen LogP contribution is -2.57. The number of imidazole rings is 1. The van der Waals surface area contributed by atoms with E-state index >= 15 is 0 Å². The molecule has 5 rings (SSSR count). The van der Waals surface area contributed by atoms with Crippen LogP contribution in [-0.2, 0) is 9.59 Å². The standard InChI is InChI=1S/C20H18N6O2/c1-2-20-9-8-15(27)26(20)17-14(23-18(20)28)12-22-19(24-17)25-11-10-21-16(25)13-6-4-3-5-7-13/h3-7,10-12H,2,8-9H2,1H3,(H,23,28)/t20-/m0/s1. The van der Waals surface area contributed by atoms with Crippen LogP contribution in [-0.4, -0.2) is 36.9 Å². The smallest absolute Gasteiger partial charge is 0.250 e. The third kappa shape index (κ3) is 2.20. The molecule has 8 heteroatoms. The predicted octanol–water partition coefficient (Wildman–Crippen LogP) is 2.56. The first-order valence-electron chi connectivity index (χ1n) is 9.25. The van der Waals surface area contributed by atoms with Gasteiger partial charge < -0.3 is 5.32 Å². The topological polar surface area (TPSA) is 93.0 Å². The highest BCUT2D eigenvalue weighted by Crippen LogP contribution is 2.44. The Labute approximate surface area is 161 Å². The average molecular weight is 374 g/mol. The molecule has 0 spiro atoms. The number of fused-ring (bicyclic) bond motifs is 3. The van der Waals surface area contributed by atoms with Crippen LogP contribution in [0.15, 0.2) is 48.9 Å². The summed E-state index contributed by atoms with van der Waals surface area (Å²) in [5.74, 6) is 1.29. The maximum Gasteiger partial charge on any atom is 0.250 e. The van der Waals surface area contributed by atoms with Crippen molar-refractivity contribution in [1.82, 2.24) is 19.5 Å². The quantitative estimate of drug-likeness (QED) is 0.760. The van der Waals surface area contributed by atoms with Gasteiger partial charge >= 0.3 is 0 Å². The van der Waals surface area contributed by atoms with Crippen LogP contribution >= 0.6 is 0 Å². The zero-order valence-corrected chi connectivity index (χ0v) is 15.3. The minimum atomic E-state index is -0.868. The molecule has 2 aromatic heterocycles. The van der Waals surface area contributed by atoms with E-state index in [0.29, 0.717) is 42.5 Å². The summed E-state index contributed by atoms with van der Waals surface area (Å²) in [6.45, 7) is 1.92. The van der Waals surface area contributed by atoms with Crippen molar-refractivity contribution in [3.05, 3.63) is 48.9 Å². The first-order chi connectivity index (χ1) is 13.6. The van der Waals surface area contributed by atoms with Gasteiger partial charge in [0, 0.05) is 24.4 Å². The van der Waals surface area contributed by atoms with Gasteiger partial charge in [-0.2, -0.15) is 4.98 Å². The van der Waals surface area contributed by atoms with Gasteiger partial charge in [0.05, 0.1) is 6.20 Å². The Kier molecular flexibility index (Phi) is 3.55. The molecule has 4 heterocycles. The molecule has 140 valence electrons. The molecule has 28 heavy (non-hydrogen) atoms. The molecular weight excluding hydrogens is 356 g/mol. The number of carbonyl (C=O) groups excluding carboxylic acids is 2. The Morgan fingerprint density at radius 3 is 2.79 bits per heavy atom. The van der Waals surface area contributed by atoms with Crippen molar-refractivity contribution in [3.63, 3.8) is 0 Å². The highest BCUT2D eigenvalue weighted by molar-refractivity contribution is 6.15. The van der Waals surface area contributed by atoms with Gasteiger partial charge in [-0.15, -0.1) is 0 Å². The van der Waals surface area contributed by atoms with Gasteiger partial charge in [0.2, 0.25) is 11.9 Å². The van der Waals surface area contributed by atoms with E-state index in [-0.39, 0.29) is 11.8 Å². The normalized spacial score (nSPS) is 20.7. The highest BCUT2D eigenvalue weighted by atomic mass is 16.2. The molecule has 3 aromatic rings. The van der Waals surface area contributed by atoms with Crippen LogP contribution in [0.2, 0.25) is 0 Å². The molecule has 1 saturated heterocycles. The number of nitrogens with one attached hydrogen (secondary N) is 1. The van der Waals surface area contributed by atoms with Crippen molar-refractivity contribution < 1.29 is 9.59 Å². The Bertz CT molecular complexity index is 1090. The Hall–Kier alpha value is -3.55. The van der Waals surface area contributed by atoms with Crippen molar-refractivity contribution >= 4 is 23.3 Å². The lowest BCUT2D eigenvalue weighted by Gasteiger charge is -2.40. The minimum Gasteiger partial charge on any atom is -0.320 e. The summed E-state index contributed by atoms with van der Waals surface area (Å²) in [5, 5.41) is 2.88. The summed E-state index contributed by atoms with van der Waals surface area (Å²) in [6, 6.07) is 9.75. The monoisotopic (exact) mass is 374 g/mol. The van der Waals surface area contributed by atoms with Crippen molar-refractivity contribution in [3.8, 4) is 17.3 Å². The third-order valence-electron chi connectivity index (χ3n) is 5.54. The van der Waals surface area contributed by atoms with Crippen molar-refractivity contribution in [2.75, 3.05) is 10.2 Å². The van der Waals surface area contributed by atoms with E-state index in [1.165, 1.54) is 0 Å². The van der Waals surface area contributed by atoms with Crippen LogP contribution in [0, 0.1) is 0 Å². The highest BCUT2D eigenvalue weighted by Gasteiger charge is 2.54. The molecule has 1 aromatic carbocycles. The maximum atomic E-state index is 12.7. The SMILES string of the molecule is CC[C@@]12CCC(=O)N1c1nc(-n3ccnc3-c3ccccc3)ncc1NC2=O. The fraction of sp³-hybridized carbons (Fsp3) is 0.250. The van der Waals surface area contributed by atoms with Gasteiger partial charge in [-0.05, 0) is 12.8 Å². The van der Waals surface area contributed by atoms with Crippen LogP contribution in [0.4, 0.5) is 11.5 Å². The van der Waals surface area contributed by atoms with Crippen molar-refractivity contribution in [1.29, 1.82) is 0 Å². The second kappa shape index (κ2) is 5.98. The molecule has 2 aliphatic heterocycles. The van der Waals surface area contributed by atoms with Gasteiger partial charge in [-0.3, -0.25) is 19.1 Å². The average Bonchev–Trinajstić information content (AvgIpc) is 3.35. The fourth-order valence-electron chi connectivity index (χ4n) is 4.05. The second-order valence-corrected chi connectivity index (χ2v) is 6.96. The number of aromatic nitrogens is 4. The number of hydrogen-bond donors (Lipinski definition) is 1. The molecule has 0 radical (unpaired) electrons. The minimum absolute atomic E-state index is 0.0866. The van der Waals surface area contributed by atoms with E-state index in [1.807, 2.05) is 37.3 Å². The van der Waals surface area contributed by atoms with Gasteiger partial charge in [0.1, 0.15) is 17.1 Å². The fourth-order valence-corrected chi connectivity index (χ4v) is 4.05. The first-order valence-corrected chi connectivity index (χ1v) is 9.25. The lowest BCUT2D eigenvalue weighted by molar-refractivity contribution is -0.124. The summed E-state index contributed by atoms with van der Waals surface area (Å²) in [6.07, 6.45) is 6.38. The lowest BCUT2D eigenvalue weighted by atomic mass is 9.90. The molecule has 0 unspecified atom stereocenters. The van der Waals surface area contributed by atoms with Crippen LogP contribution < -0.4 is 10.2 Å². The third-order valence-corrected chi connectivity index (χ3v) is 5.54. The molecule has 2 amide bonds. The predicted molar refractivity (Wildman–Crippen MR) is 103 cm³/mol. The summed E-state index contributed by atoms with van der Waals surface area (Å²) >= 11 is 0. The molecule has 0 aliphatic carbocycles. The zero-order chi connectivity index (χ0) is 19.3. The van der Waals surface area contributed by atoms with Gasteiger partial charge in [-0.25, -0.2) is 9.97 Å². The van der Waals surface area contributed by atoms with E-state index in [0.717, 1.165) is 5.56 Å². The maximum absolute atomic E-state index is 12.7. The number of anilines is 2. The van der Waals surface area contributed by atoms with Crippen molar-refractivity contribution in [2.24, 2.45) is 0 Å². The summed E-state index contributed by atoms with van der Waals surface area (Å²) in [7, 11) is 0. The van der Waals surface area contributed by atoms with E-state index in [1.54, 1.807) is 28.1 Å². The number of rotatable bonds is 3. The Balaban J connectivity index is 1.65. The van der Waals surface area contributed by atoms with Crippen LogP contribution in [0.25, 0.3) is 17.3 Å². The molecule has 8 nitrogen and oxygen atoms in total. The molecule has 1 atom stereocenters. The molecule has 1 N–H and O–H groups in total. The Morgan fingerprint density at radius 1 is 1.18 bits per heavy atom. The molecule has 2 aliphatic rings. The molecule has 1 fully saturated rings. The largest absolute Gasteiger partial charge is 0.320 e.